The zero-order valence-electron chi connectivity index (χ0n) is 19.5. The Kier molecular flexibility index (Phi) is 6.59. The highest BCUT2D eigenvalue weighted by molar-refractivity contribution is 7.85. The summed E-state index contributed by atoms with van der Waals surface area (Å²) in [5, 5.41) is 0.339. The van der Waals surface area contributed by atoms with Gasteiger partial charge in [0.2, 0.25) is 0 Å². The van der Waals surface area contributed by atoms with Gasteiger partial charge in [-0.1, -0.05) is 25.4 Å². The fourth-order valence-corrected chi connectivity index (χ4v) is 6.97. The number of ketones is 1. The van der Waals surface area contributed by atoms with Crippen molar-refractivity contribution >= 4 is 38.8 Å². The molecule has 6 nitrogen and oxygen atoms in total. The van der Waals surface area contributed by atoms with Crippen LogP contribution in [0, 0.1) is 18.3 Å². The van der Waals surface area contributed by atoms with Gasteiger partial charge in [-0.2, -0.15) is 8.42 Å². The van der Waals surface area contributed by atoms with Crippen LogP contribution in [0.15, 0.2) is 12.1 Å². The third kappa shape index (κ3) is 4.81. The Hall–Kier alpha value is -1.61. The lowest BCUT2D eigenvalue weighted by Gasteiger charge is -2.14. The largest absolute Gasteiger partial charge is 0.493 e. The number of thiophene rings is 1. The maximum absolute atomic E-state index is 13.1. The Bertz CT molecular complexity index is 1200. The van der Waals surface area contributed by atoms with Gasteiger partial charge in [0, 0.05) is 11.3 Å². The van der Waals surface area contributed by atoms with Crippen molar-refractivity contribution in [1.82, 2.24) is 0 Å². The quantitative estimate of drug-likeness (QED) is 0.248. The van der Waals surface area contributed by atoms with Gasteiger partial charge in [0.1, 0.15) is 13.2 Å². The van der Waals surface area contributed by atoms with Crippen LogP contribution >= 0.6 is 22.9 Å². The molecule has 33 heavy (non-hydrogen) atoms. The third-order valence-electron chi connectivity index (χ3n) is 6.83. The smallest absolute Gasteiger partial charge is 0.264 e. The van der Waals surface area contributed by atoms with Gasteiger partial charge in [0.15, 0.2) is 17.3 Å². The minimum atomic E-state index is -3.53. The SMILES string of the molecule is COc1cc(CCC(=O)c2sc(C)c3c2C[C@@H]2[C@H]3C2(C)C)cc(Cl)c1OCCOS(C)(=O)=O. The summed E-state index contributed by atoms with van der Waals surface area (Å²) in [7, 11) is -2.03. The number of benzene rings is 1. The highest BCUT2D eigenvalue weighted by atomic mass is 35.5. The Balaban J connectivity index is 1.41. The predicted octanol–water partition coefficient (Wildman–Crippen LogP) is 5.18. The Morgan fingerprint density at radius 2 is 2.00 bits per heavy atom. The standard InChI is InChI=1S/C24H29ClO6S2/c1-13-20-15(12-16-21(20)24(16,2)3)23(32-13)18(26)7-6-14-10-17(25)22(19(11-14)29-4)30-8-9-31-33(5,27)28/h10-11,16,21H,6-9,12H2,1-5H3/t16-,21-/m1/s1. The van der Waals surface area contributed by atoms with Gasteiger partial charge in [0.05, 0.1) is 23.3 Å². The van der Waals surface area contributed by atoms with Crippen molar-refractivity contribution in [2.75, 3.05) is 26.6 Å². The fraction of sp³-hybridized carbons (Fsp3) is 0.542. The molecule has 0 radical (unpaired) electrons. The molecule has 0 amide bonds. The number of aryl methyl sites for hydroxylation is 2. The maximum Gasteiger partial charge on any atom is 0.264 e. The minimum Gasteiger partial charge on any atom is -0.493 e. The van der Waals surface area contributed by atoms with E-state index in [1.165, 1.54) is 23.1 Å². The molecule has 1 heterocycles. The lowest BCUT2D eigenvalue weighted by molar-refractivity contribution is 0.0985. The highest BCUT2D eigenvalue weighted by Gasteiger charge is 2.63. The Morgan fingerprint density at radius 3 is 2.67 bits per heavy atom. The van der Waals surface area contributed by atoms with Gasteiger partial charge in [-0.05, 0) is 65.8 Å². The van der Waals surface area contributed by atoms with Crippen molar-refractivity contribution in [2.45, 2.75) is 46.0 Å². The molecule has 0 N–H and O–H groups in total. The van der Waals surface area contributed by atoms with Gasteiger partial charge in [-0.25, -0.2) is 0 Å². The molecule has 180 valence electrons. The lowest BCUT2D eigenvalue weighted by atomic mass is 9.94. The zero-order chi connectivity index (χ0) is 24.1. The molecule has 4 rings (SSSR count). The number of rotatable bonds is 10. The number of carbonyl (C=O) groups excluding carboxylic acids is 1. The monoisotopic (exact) mass is 512 g/mol. The summed E-state index contributed by atoms with van der Waals surface area (Å²) in [4.78, 5) is 15.3. The molecule has 0 aliphatic heterocycles. The summed E-state index contributed by atoms with van der Waals surface area (Å²) in [5.41, 5.74) is 3.96. The van der Waals surface area contributed by atoms with Gasteiger partial charge >= 0.3 is 0 Å². The molecular weight excluding hydrogens is 484 g/mol. The van der Waals surface area contributed by atoms with Crippen LogP contribution in [0.2, 0.25) is 5.02 Å². The number of halogens is 1. The van der Waals surface area contributed by atoms with E-state index in [1.807, 2.05) is 0 Å². The summed E-state index contributed by atoms with van der Waals surface area (Å²) >= 11 is 8.04. The minimum absolute atomic E-state index is 0.00259. The average molecular weight is 513 g/mol. The van der Waals surface area contributed by atoms with E-state index in [0.29, 0.717) is 46.6 Å². The molecule has 1 saturated carbocycles. The Labute approximate surface area is 204 Å². The van der Waals surface area contributed by atoms with Crippen molar-refractivity contribution in [2.24, 2.45) is 11.3 Å². The second kappa shape index (κ2) is 8.87. The van der Waals surface area contributed by atoms with E-state index in [0.717, 1.165) is 23.1 Å². The van der Waals surface area contributed by atoms with E-state index >= 15 is 0 Å². The number of hydrogen-bond donors (Lipinski definition) is 0. The molecule has 0 saturated heterocycles. The highest BCUT2D eigenvalue weighted by Crippen LogP contribution is 2.71. The Morgan fingerprint density at radius 1 is 1.27 bits per heavy atom. The molecule has 9 heteroatoms. The number of methoxy groups -OCH3 is 1. The van der Waals surface area contributed by atoms with Gasteiger partial charge < -0.3 is 9.47 Å². The van der Waals surface area contributed by atoms with Crippen LogP contribution in [0.4, 0.5) is 0 Å². The molecule has 1 fully saturated rings. The molecule has 2 atom stereocenters. The number of Topliss-reactive ketones (excluding diaryl/α,β-unsaturated/α-hetero) is 1. The fourth-order valence-electron chi connectivity index (χ4n) is 5.12. The van der Waals surface area contributed by atoms with Crippen LogP contribution < -0.4 is 9.47 Å². The molecule has 1 aromatic carbocycles. The number of carbonyl (C=O) groups is 1. The predicted molar refractivity (Wildman–Crippen MR) is 130 cm³/mol. The average Bonchev–Trinajstić information content (AvgIpc) is 3.05. The molecule has 0 unspecified atom stereocenters. The molecule has 2 aliphatic carbocycles. The first-order valence-corrected chi connectivity index (χ1v) is 13.9. The van der Waals surface area contributed by atoms with Crippen LogP contribution in [0.25, 0.3) is 0 Å². The van der Waals surface area contributed by atoms with Crippen molar-refractivity contribution < 1.29 is 26.9 Å². The first-order valence-electron chi connectivity index (χ1n) is 10.9. The van der Waals surface area contributed by atoms with E-state index in [1.54, 1.807) is 23.5 Å². The van der Waals surface area contributed by atoms with Crippen molar-refractivity contribution in [1.29, 1.82) is 0 Å². The maximum atomic E-state index is 13.1. The van der Waals surface area contributed by atoms with Crippen LogP contribution in [0.1, 0.15) is 57.4 Å². The van der Waals surface area contributed by atoms with Crippen molar-refractivity contribution in [3.05, 3.63) is 43.6 Å². The summed E-state index contributed by atoms with van der Waals surface area (Å²) in [6, 6.07) is 3.56. The van der Waals surface area contributed by atoms with E-state index in [4.69, 9.17) is 21.1 Å². The topological polar surface area (TPSA) is 78.9 Å². The summed E-state index contributed by atoms with van der Waals surface area (Å²) in [6.07, 6.45) is 2.93. The molecule has 0 bridgehead atoms. The molecule has 1 aromatic heterocycles. The van der Waals surface area contributed by atoms with E-state index in [9.17, 15) is 13.2 Å². The molecule has 2 aliphatic rings. The number of hydrogen-bond acceptors (Lipinski definition) is 7. The van der Waals surface area contributed by atoms with E-state index < -0.39 is 10.1 Å². The third-order valence-corrected chi connectivity index (χ3v) is 8.91. The second-order valence-electron chi connectivity index (χ2n) is 9.40. The summed E-state index contributed by atoms with van der Waals surface area (Å²) < 4.78 is 37.8. The molecule has 2 aromatic rings. The first kappa shape index (κ1) is 24.5. The summed E-state index contributed by atoms with van der Waals surface area (Å²) in [5.74, 6) is 2.22. The van der Waals surface area contributed by atoms with Crippen LogP contribution in [0.3, 0.4) is 0 Å². The van der Waals surface area contributed by atoms with E-state index in [2.05, 4.69) is 25.0 Å². The van der Waals surface area contributed by atoms with Gasteiger partial charge in [-0.15, -0.1) is 11.3 Å². The van der Waals surface area contributed by atoms with Gasteiger partial charge in [0.25, 0.3) is 10.1 Å². The first-order chi connectivity index (χ1) is 15.4. The number of ether oxygens (including phenoxy) is 2. The molecule has 0 spiro atoms. The zero-order valence-corrected chi connectivity index (χ0v) is 21.9. The van der Waals surface area contributed by atoms with Crippen LogP contribution in [-0.2, 0) is 27.1 Å². The normalized spacial score (nSPS) is 20.3. The van der Waals surface area contributed by atoms with Crippen LogP contribution in [-0.4, -0.2) is 40.8 Å². The van der Waals surface area contributed by atoms with E-state index in [-0.39, 0.29) is 19.0 Å². The summed E-state index contributed by atoms with van der Waals surface area (Å²) in [6.45, 7) is 6.67. The van der Waals surface area contributed by atoms with Crippen molar-refractivity contribution in [3.63, 3.8) is 0 Å². The van der Waals surface area contributed by atoms with Crippen molar-refractivity contribution in [3.8, 4) is 11.5 Å². The molecular formula is C24H29ClO6S2. The lowest BCUT2D eigenvalue weighted by Crippen LogP contribution is -2.12. The van der Waals surface area contributed by atoms with Gasteiger partial charge in [-0.3, -0.25) is 8.98 Å². The number of fused-ring (bicyclic) bond motifs is 3. The second-order valence-corrected chi connectivity index (χ2v) is 12.7. The van der Waals surface area contributed by atoms with Crippen LogP contribution in [0.5, 0.6) is 11.5 Å².